The Hall–Kier alpha value is -1.39. The lowest BCUT2D eigenvalue weighted by atomic mass is 10.2. The predicted molar refractivity (Wildman–Crippen MR) is 81.7 cm³/mol. The monoisotopic (exact) mass is 309 g/mol. The Morgan fingerprint density at radius 3 is 2.75 bits per heavy atom. The molecule has 2 rings (SSSR count). The molecule has 20 heavy (non-hydrogen) atoms. The number of ether oxygens (including phenoxy) is 1. The summed E-state index contributed by atoms with van der Waals surface area (Å²) in [6.45, 7) is 2.52. The van der Waals surface area contributed by atoms with Gasteiger partial charge in [-0.15, -0.1) is 11.3 Å². The molecule has 0 atom stereocenters. The van der Waals surface area contributed by atoms with Gasteiger partial charge in [0.25, 0.3) is 0 Å². The predicted octanol–water partition coefficient (Wildman–Crippen LogP) is 4.08. The van der Waals surface area contributed by atoms with Gasteiger partial charge in [0, 0.05) is 22.5 Å². The van der Waals surface area contributed by atoms with Crippen LogP contribution >= 0.6 is 22.9 Å². The van der Waals surface area contributed by atoms with Crippen LogP contribution in [-0.2, 0) is 11.2 Å². The van der Waals surface area contributed by atoms with E-state index in [1.54, 1.807) is 29.7 Å². The van der Waals surface area contributed by atoms with Gasteiger partial charge in [-0.25, -0.2) is 4.98 Å². The molecule has 1 aromatic heterocycles. The summed E-state index contributed by atoms with van der Waals surface area (Å²) in [6, 6.07) is 7.21. The van der Waals surface area contributed by atoms with Gasteiger partial charge in [0.2, 0.25) is 0 Å². The van der Waals surface area contributed by atoms with Crippen LogP contribution in [0.15, 0.2) is 30.5 Å². The fourth-order valence-electron chi connectivity index (χ4n) is 1.73. The highest BCUT2D eigenvalue weighted by Gasteiger charge is 2.07. The summed E-state index contributed by atoms with van der Waals surface area (Å²) in [5.74, 6) is 0.983. The maximum Gasteiger partial charge on any atom is 0.139 e. The first-order valence-corrected chi connectivity index (χ1v) is 7.64. The highest BCUT2D eigenvalue weighted by atomic mass is 35.5. The minimum atomic E-state index is 0.207. The van der Waals surface area contributed by atoms with Gasteiger partial charge in [-0.2, -0.15) is 0 Å². The van der Waals surface area contributed by atoms with E-state index in [1.807, 2.05) is 19.1 Å². The molecule has 0 spiro atoms. The molecule has 0 saturated heterocycles. The first-order chi connectivity index (χ1) is 9.63. The van der Waals surface area contributed by atoms with Crippen molar-refractivity contribution in [3.8, 4) is 5.75 Å². The van der Waals surface area contributed by atoms with E-state index in [-0.39, 0.29) is 5.78 Å². The average molecular weight is 310 g/mol. The fourth-order valence-corrected chi connectivity index (χ4v) is 2.67. The number of carbonyl (C=O) groups excluding carboxylic acids is 1. The van der Waals surface area contributed by atoms with Crippen molar-refractivity contribution in [1.29, 1.82) is 0 Å². The second kappa shape index (κ2) is 7.41. The van der Waals surface area contributed by atoms with E-state index in [0.29, 0.717) is 30.9 Å². The Morgan fingerprint density at radius 2 is 2.10 bits per heavy atom. The lowest BCUT2D eigenvalue weighted by Crippen LogP contribution is -2.05. The number of halogens is 1. The molecule has 0 aliphatic heterocycles. The largest absolute Gasteiger partial charge is 0.494 e. The summed E-state index contributed by atoms with van der Waals surface area (Å²) in [5.41, 5.74) is 0. The molecule has 0 amide bonds. The topological polar surface area (TPSA) is 39.2 Å². The molecule has 5 heteroatoms. The smallest absolute Gasteiger partial charge is 0.139 e. The number of rotatable bonds is 7. The molecule has 0 unspecified atom stereocenters. The average Bonchev–Trinajstić information content (AvgIpc) is 2.82. The van der Waals surface area contributed by atoms with Crippen molar-refractivity contribution in [2.75, 3.05) is 6.61 Å². The normalized spacial score (nSPS) is 10.5. The zero-order valence-corrected chi connectivity index (χ0v) is 12.8. The van der Waals surface area contributed by atoms with Gasteiger partial charge >= 0.3 is 0 Å². The molecule has 0 N–H and O–H groups in total. The molecule has 0 fully saturated rings. The van der Waals surface area contributed by atoms with E-state index in [2.05, 4.69) is 4.98 Å². The van der Waals surface area contributed by atoms with Gasteiger partial charge in [-0.05, 0) is 37.6 Å². The Bertz CT molecular complexity index is 566. The molecule has 0 aliphatic rings. The summed E-state index contributed by atoms with van der Waals surface area (Å²) >= 11 is 7.37. The number of aryl methyl sites for hydroxylation is 1. The van der Waals surface area contributed by atoms with Crippen molar-refractivity contribution in [3.05, 3.63) is 45.4 Å². The standard InChI is InChI=1S/C15H16ClNO2S/c1-11-10-17-15(20-11)9-13(18)3-2-8-19-14-6-4-12(16)5-7-14/h4-7,10H,2-3,8-9H2,1H3. The zero-order chi connectivity index (χ0) is 14.4. The SMILES string of the molecule is Cc1cnc(CC(=O)CCCOc2ccc(Cl)cc2)s1. The zero-order valence-electron chi connectivity index (χ0n) is 11.3. The summed E-state index contributed by atoms with van der Waals surface area (Å²) in [5, 5.41) is 1.58. The van der Waals surface area contributed by atoms with E-state index in [4.69, 9.17) is 16.3 Å². The Kier molecular flexibility index (Phi) is 5.56. The van der Waals surface area contributed by atoms with Crippen LogP contribution in [0.3, 0.4) is 0 Å². The fraction of sp³-hybridized carbons (Fsp3) is 0.333. The molecule has 3 nitrogen and oxygen atoms in total. The summed E-state index contributed by atoms with van der Waals surface area (Å²) in [6.07, 6.45) is 3.47. The third-order valence-corrected chi connectivity index (χ3v) is 3.86. The van der Waals surface area contributed by atoms with Crippen LogP contribution in [-0.4, -0.2) is 17.4 Å². The highest BCUT2D eigenvalue weighted by Crippen LogP contribution is 2.16. The third-order valence-electron chi connectivity index (χ3n) is 2.70. The first kappa shape index (κ1) is 15.0. The second-order valence-corrected chi connectivity index (χ2v) is 6.24. The Balaban J connectivity index is 1.65. The minimum absolute atomic E-state index is 0.207. The lowest BCUT2D eigenvalue weighted by Gasteiger charge is -2.05. The number of carbonyl (C=O) groups is 1. The summed E-state index contributed by atoms with van der Waals surface area (Å²) in [4.78, 5) is 17.1. The van der Waals surface area contributed by atoms with Crippen molar-refractivity contribution in [2.24, 2.45) is 0 Å². The van der Waals surface area contributed by atoms with E-state index in [1.165, 1.54) is 0 Å². The van der Waals surface area contributed by atoms with Crippen molar-refractivity contribution in [2.45, 2.75) is 26.2 Å². The van der Waals surface area contributed by atoms with E-state index in [9.17, 15) is 4.79 Å². The third kappa shape index (κ3) is 4.94. The van der Waals surface area contributed by atoms with Crippen molar-refractivity contribution >= 4 is 28.7 Å². The number of Topliss-reactive ketones (excluding diaryl/α,β-unsaturated/α-hetero) is 1. The molecule has 1 heterocycles. The van der Waals surface area contributed by atoms with Crippen molar-refractivity contribution in [3.63, 3.8) is 0 Å². The van der Waals surface area contributed by atoms with Crippen LogP contribution in [0.25, 0.3) is 0 Å². The quantitative estimate of drug-likeness (QED) is 0.724. The number of hydrogen-bond acceptors (Lipinski definition) is 4. The van der Waals surface area contributed by atoms with Crippen LogP contribution in [0.1, 0.15) is 22.7 Å². The number of thiazole rings is 1. The van der Waals surface area contributed by atoms with Gasteiger partial charge in [-0.1, -0.05) is 11.6 Å². The Labute approximate surface area is 127 Å². The molecule has 2 aromatic rings. The summed E-state index contributed by atoms with van der Waals surface area (Å²) < 4.78 is 5.54. The molecular weight excluding hydrogens is 294 g/mol. The molecule has 0 aliphatic carbocycles. The molecular formula is C15H16ClNO2S. The van der Waals surface area contributed by atoms with Crippen molar-refractivity contribution < 1.29 is 9.53 Å². The van der Waals surface area contributed by atoms with Gasteiger partial charge in [-0.3, -0.25) is 4.79 Å². The van der Waals surface area contributed by atoms with Crippen LogP contribution < -0.4 is 4.74 Å². The molecule has 1 aromatic carbocycles. The molecule has 0 radical (unpaired) electrons. The van der Waals surface area contributed by atoms with Gasteiger partial charge in [0.05, 0.1) is 13.0 Å². The van der Waals surface area contributed by atoms with Crippen LogP contribution in [0.5, 0.6) is 5.75 Å². The number of aromatic nitrogens is 1. The molecule has 0 bridgehead atoms. The number of benzene rings is 1. The summed E-state index contributed by atoms with van der Waals surface area (Å²) in [7, 11) is 0. The van der Waals surface area contributed by atoms with E-state index >= 15 is 0 Å². The van der Waals surface area contributed by atoms with Crippen LogP contribution in [0, 0.1) is 6.92 Å². The first-order valence-electron chi connectivity index (χ1n) is 6.45. The van der Waals surface area contributed by atoms with Crippen LogP contribution in [0.2, 0.25) is 5.02 Å². The van der Waals surface area contributed by atoms with Gasteiger partial charge in [0.15, 0.2) is 0 Å². The molecule has 0 saturated carbocycles. The maximum atomic E-state index is 11.8. The molecule has 106 valence electrons. The lowest BCUT2D eigenvalue weighted by molar-refractivity contribution is -0.118. The highest BCUT2D eigenvalue weighted by molar-refractivity contribution is 7.11. The number of ketones is 1. The Morgan fingerprint density at radius 1 is 1.35 bits per heavy atom. The number of hydrogen-bond donors (Lipinski definition) is 0. The van der Waals surface area contributed by atoms with Crippen LogP contribution in [0.4, 0.5) is 0 Å². The van der Waals surface area contributed by atoms with E-state index in [0.717, 1.165) is 15.6 Å². The van der Waals surface area contributed by atoms with E-state index < -0.39 is 0 Å². The van der Waals surface area contributed by atoms with Gasteiger partial charge < -0.3 is 4.74 Å². The minimum Gasteiger partial charge on any atom is -0.494 e. The van der Waals surface area contributed by atoms with Gasteiger partial charge in [0.1, 0.15) is 16.5 Å². The second-order valence-electron chi connectivity index (χ2n) is 4.49. The number of nitrogens with zero attached hydrogens (tertiary/aromatic N) is 1. The maximum absolute atomic E-state index is 11.8. The van der Waals surface area contributed by atoms with Crippen molar-refractivity contribution in [1.82, 2.24) is 4.98 Å².